The molecule has 0 aliphatic rings. The Balaban J connectivity index is -0.0000000226. The van der Waals surface area contributed by atoms with Crippen LogP contribution in [0.3, 0.4) is 0 Å². The summed E-state index contributed by atoms with van der Waals surface area (Å²) in [5, 5.41) is 14.0. The molecule has 4 heteroatoms. The molecule has 24 heavy (non-hydrogen) atoms. The molecule has 2 N–H and O–H groups in total. The van der Waals surface area contributed by atoms with E-state index in [4.69, 9.17) is 10.2 Å². The van der Waals surface area contributed by atoms with Gasteiger partial charge in [-0.25, -0.2) is 0 Å². The van der Waals surface area contributed by atoms with Crippen LogP contribution in [0.1, 0.15) is 27.7 Å². The summed E-state index contributed by atoms with van der Waals surface area (Å²) in [6.07, 6.45) is 0. The molecule has 0 aliphatic heterocycles. The van der Waals surface area contributed by atoms with Crippen molar-refractivity contribution in [1.29, 1.82) is 0 Å². The van der Waals surface area contributed by atoms with Crippen molar-refractivity contribution < 1.29 is 61.5 Å². The second-order valence-corrected chi connectivity index (χ2v) is 2.31. The predicted octanol–water partition coefficient (Wildman–Crippen LogP) is 5.54. The van der Waals surface area contributed by atoms with Crippen molar-refractivity contribution in [2.75, 3.05) is 14.2 Å². The second kappa shape index (κ2) is 77.2. The number of hydrogen-bond donors (Lipinski definition) is 2. The molecule has 0 amide bonds. The van der Waals surface area contributed by atoms with Crippen molar-refractivity contribution in [3.05, 3.63) is 87.6 Å². The SMILES string of the molecule is CC.CC.CO.CO.[CH3-].[CH3-].[V].[Y].c1ccccc1.c1ccccc1. The molecular weight excluding hydrogens is 412 g/mol. The van der Waals surface area contributed by atoms with Gasteiger partial charge >= 0.3 is 0 Å². The standard InChI is InChI=1S/2C6H6.2C2H6.2CH4O.2CH3.V.Y/c2*1-2-4-6-5-3-1;4*1-2;;;;/h2*1-6H;2*1-2H3;2*2H,1H3;2*1H3;;/q;;;;;;2*-1;;. The summed E-state index contributed by atoms with van der Waals surface area (Å²) in [7, 11) is 2.00. The molecule has 2 aromatic rings. The van der Waals surface area contributed by atoms with Gasteiger partial charge in [0.15, 0.2) is 0 Å². The van der Waals surface area contributed by atoms with E-state index in [-0.39, 0.29) is 66.1 Å². The molecule has 0 saturated heterocycles. The molecule has 0 bridgehead atoms. The van der Waals surface area contributed by atoms with Crippen molar-refractivity contribution in [2.24, 2.45) is 0 Å². The molecule has 0 heterocycles. The third kappa shape index (κ3) is 67.3. The average Bonchev–Trinajstić information content (AvgIpc) is 2.65. The maximum atomic E-state index is 7.00. The van der Waals surface area contributed by atoms with E-state index < -0.39 is 0 Å². The Hall–Kier alpha value is 0.0483. The molecule has 2 radical (unpaired) electrons. The van der Waals surface area contributed by atoms with E-state index in [1.54, 1.807) is 0 Å². The Bertz CT molecular complexity index is 197. The molecular formula is C20H38O2VY-2. The van der Waals surface area contributed by atoms with E-state index in [9.17, 15) is 0 Å². The molecule has 2 nitrogen and oxygen atoms in total. The van der Waals surface area contributed by atoms with Crippen molar-refractivity contribution in [1.82, 2.24) is 0 Å². The average molecular weight is 450 g/mol. The first-order valence-corrected chi connectivity index (χ1v) is 6.89. The quantitative estimate of drug-likeness (QED) is 0.518. The first-order chi connectivity index (χ1) is 10.0. The Morgan fingerprint density at radius 1 is 0.375 bits per heavy atom. The Morgan fingerprint density at radius 3 is 0.458 bits per heavy atom. The minimum atomic E-state index is 0. The Kier molecular flexibility index (Phi) is 160. The van der Waals surface area contributed by atoms with Gasteiger partial charge in [0.05, 0.1) is 0 Å². The maximum absolute atomic E-state index is 7.00. The van der Waals surface area contributed by atoms with Crippen LogP contribution >= 0.6 is 0 Å². The van der Waals surface area contributed by atoms with Crippen molar-refractivity contribution in [3.63, 3.8) is 0 Å². The minimum absolute atomic E-state index is 0. The van der Waals surface area contributed by atoms with Gasteiger partial charge in [0.1, 0.15) is 0 Å². The number of hydrogen-bond acceptors (Lipinski definition) is 2. The van der Waals surface area contributed by atoms with Crippen LogP contribution in [0.5, 0.6) is 0 Å². The van der Waals surface area contributed by atoms with Gasteiger partial charge in [-0.2, -0.15) is 0 Å². The van der Waals surface area contributed by atoms with Gasteiger partial charge in [-0.3, -0.25) is 0 Å². The first-order valence-electron chi connectivity index (χ1n) is 6.89. The number of aliphatic hydroxyl groups is 2. The third-order valence-corrected chi connectivity index (χ3v) is 1.33. The summed E-state index contributed by atoms with van der Waals surface area (Å²) < 4.78 is 0. The Morgan fingerprint density at radius 2 is 0.417 bits per heavy atom. The topological polar surface area (TPSA) is 40.5 Å². The monoisotopic (exact) mass is 450 g/mol. The van der Waals surface area contributed by atoms with Crippen LogP contribution in [0.4, 0.5) is 0 Å². The van der Waals surface area contributed by atoms with Crippen molar-refractivity contribution in [3.8, 4) is 0 Å². The summed E-state index contributed by atoms with van der Waals surface area (Å²) in [5.41, 5.74) is 0. The van der Waals surface area contributed by atoms with Crippen LogP contribution in [-0.2, 0) is 51.3 Å². The van der Waals surface area contributed by atoms with Crippen molar-refractivity contribution >= 4 is 0 Å². The van der Waals surface area contributed by atoms with Gasteiger partial charge in [-0.15, -0.1) is 0 Å². The number of rotatable bonds is 0. The summed E-state index contributed by atoms with van der Waals surface area (Å²) in [4.78, 5) is 0. The zero-order valence-electron chi connectivity index (χ0n) is 16.8. The van der Waals surface area contributed by atoms with Gasteiger partial charge in [0.2, 0.25) is 0 Å². The molecule has 2 aromatic carbocycles. The first kappa shape index (κ1) is 49.6. The summed E-state index contributed by atoms with van der Waals surface area (Å²) >= 11 is 0. The van der Waals surface area contributed by atoms with E-state index in [0.29, 0.717) is 0 Å². The fraction of sp³-hybridized carbons (Fsp3) is 0.300. The molecule has 2 rings (SSSR count). The molecule has 0 spiro atoms. The molecule has 140 valence electrons. The van der Waals surface area contributed by atoms with Gasteiger partial charge in [-0.05, 0) is 0 Å². The fourth-order valence-electron chi connectivity index (χ4n) is 0.770. The summed E-state index contributed by atoms with van der Waals surface area (Å²) in [5.74, 6) is 0. The fourth-order valence-corrected chi connectivity index (χ4v) is 0.770. The van der Waals surface area contributed by atoms with E-state index in [0.717, 1.165) is 14.2 Å². The zero-order chi connectivity index (χ0) is 16.5. The third-order valence-electron chi connectivity index (χ3n) is 1.33. The minimum Gasteiger partial charge on any atom is -0.400 e. The van der Waals surface area contributed by atoms with Gasteiger partial charge in [0.25, 0.3) is 0 Å². The molecule has 0 atom stereocenters. The molecule has 0 unspecified atom stereocenters. The van der Waals surface area contributed by atoms with Crippen LogP contribution in [0.25, 0.3) is 0 Å². The molecule has 0 fully saturated rings. The van der Waals surface area contributed by atoms with Gasteiger partial charge in [-0.1, -0.05) is 100 Å². The van der Waals surface area contributed by atoms with E-state index >= 15 is 0 Å². The molecule has 0 aliphatic carbocycles. The molecule has 0 aromatic heterocycles. The van der Waals surface area contributed by atoms with Crippen LogP contribution in [0.2, 0.25) is 0 Å². The predicted molar refractivity (Wildman–Crippen MR) is 105 cm³/mol. The van der Waals surface area contributed by atoms with E-state index in [1.165, 1.54) is 0 Å². The number of aliphatic hydroxyl groups excluding tert-OH is 2. The van der Waals surface area contributed by atoms with Crippen LogP contribution in [0.15, 0.2) is 72.8 Å². The maximum Gasteiger partial charge on any atom is 0.0319 e. The summed E-state index contributed by atoms with van der Waals surface area (Å²) in [6.45, 7) is 8.00. The van der Waals surface area contributed by atoms with Gasteiger partial charge < -0.3 is 25.1 Å². The number of benzene rings is 2. The van der Waals surface area contributed by atoms with Gasteiger partial charge in [0, 0.05) is 65.5 Å². The van der Waals surface area contributed by atoms with Crippen LogP contribution < -0.4 is 0 Å². The Labute approximate surface area is 189 Å². The summed E-state index contributed by atoms with van der Waals surface area (Å²) in [6, 6.07) is 24.0. The zero-order valence-corrected chi connectivity index (χ0v) is 21.1. The normalized spacial score (nSPS) is 5.00. The van der Waals surface area contributed by atoms with Crippen LogP contribution in [0, 0.1) is 14.9 Å². The van der Waals surface area contributed by atoms with E-state index in [2.05, 4.69) is 0 Å². The largest absolute Gasteiger partial charge is 0.400 e. The smallest absolute Gasteiger partial charge is 0.0319 e. The van der Waals surface area contributed by atoms with Crippen molar-refractivity contribution in [2.45, 2.75) is 27.7 Å². The van der Waals surface area contributed by atoms with Crippen LogP contribution in [-0.4, -0.2) is 24.4 Å². The second-order valence-electron chi connectivity index (χ2n) is 2.31. The molecule has 0 saturated carbocycles. The van der Waals surface area contributed by atoms with E-state index in [1.807, 2.05) is 100 Å².